The molecule has 4 atom stereocenters. The van der Waals surface area contributed by atoms with Crippen molar-refractivity contribution in [2.24, 2.45) is 17.8 Å². The van der Waals surface area contributed by atoms with Gasteiger partial charge in [-0.3, -0.25) is 4.79 Å². The smallest absolute Gasteiger partial charge is 0.225 e. The van der Waals surface area contributed by atoms with Gasteiger partial charge in [-0.1, -0.05) is 36.8 Å². The van der Waals surface area contributed by atoms with Gasteiger partial charge in [0.1, 0.15) is 0 Å². The maximum Gasteiger partial charge on any atom is 0.225 e. The van der Waals surface area contributed by atoms with Crippen molar-refractivity contribution >= 4 is 5.91 Å². The van der Waals surface area contributed by atoms with Gasteiger partial charge in [0.2, 0.25) is 5.91 Å². The molecule has 2 bridgehead atoms. The summed E-state index contributed by atoms with van der Waals surface area (Å²) >= 11 is 0. The van der Waals surface area contributed by atoms with Gasteiger partial charge in [-0.05, 0) is 43.1 Å². The van der Waals surface area contributed by atoms with Crippen LogP contribution in [0.15, 0.2) is 30.3 Å². The van der Waals surface area contributed by atoms with Crippen molar-refractivity contribution in [2.75, 3.05) is 13.6 Å². The molecule has 3 nitrogen and oxygen atoms in total. The molecule has 0 heterocycles. The molecule has 0 saturated heterocycles. The number of hydrogen-bond acceptors (Lipinski definition) is 2. The number of amides is 1. The third-order valence-corrected chi connectivity index (χ3v) is 5.35. The van der Waals surface area contributed by atoms with E-state index in [9.17, 15) is 9.90 Å². The van der Waals surface area contributed by atoms with Crippen LogP contribution in [-0.4, -0.2) is 29.5 Å². The number of carbonyl (C=O) groups is 1. The average Bonchev–Trinajstić information content (AvgIpc) is 3.15. The normalized spacial score (nSPS) is 28.6. The number of fused-ring (bicyclic) bond motifs is 2. The molecule has 0 aliphatic heterocycles. The molecule has 114 valence electrons. The molecular weight excluding hydrogens is 262 g/mol. The van der Waals surface area contributed by atoms with Crippen LogP contribution in [0.3, 0.4) is 0 Å². The first-order chi connectivity index (χ1) is 10.1. The molecule has 0 aromatic heterocycles. The molecule has 21 heavy (non-hydrogen) atoms. The van der Waals surface area contributed by atoms with Gasteiger partial charge in [0, 0.05) is 19.5 Å². The highest BCUT2D eigenvalue weighted by atomic mass is 16.3. The van der Waals surface area contributed by atoms with E-state index < -0.39 is 6.10 Å². The van der Waals surface area contributed by atoms with Crippen molar-refractivity contribution in [3.8, 4) is 0 Å². The molecule has 2 aliphatic carbocycles. The Balaban J connectivity index is 1.50. The summed E-state index contributed by atoms with van der Waals surface area (Å²) in [5.41, 5.74) is 0.929. The van der Waals surface area contributed by atoms with Gasteiger partial charge in [-0.15, -0.1) is 0 Å². The van der Waals surface area contributed by atoms with Gasteiger partial charge in [0.15, 0.2) is 0 Å². The van der Waals surface area contributed by atoms with E-state index in [2.05, 4.69) is 0 Å². The molecule has 0 radical (unpaired) electrons. The van der Waals surface area contributed by atoms with E-state index in [4.69, 9.17) is 0 Å². The lowest BCUT2D eigenvalue weighted by Gasteiger charge is -2.27. The minimum atomic E-state index is -0.485. The second kappa shape index (κ2) is 6.18. The monoisotopic (exact) mass is 287 g/mol. The van der Waals surface area contributed by atoms with Gasteiger partial charge in [-0.2, -0.15) is 0 Å². The minimum absolute atomic E-state index is 0.252. The summed E-state index contributed by atoms with van der Waals surface area (Å²) in [7, 11) is 1.88. The predicted octanol–water partition coefficient (Wildman–Crippen LogP) is 3.00. The van der Waals surface area contributed by atoms with Gasteiger partial charge in [-0.25, -0.2) is 0 Å². The fourth-order valence-electron chi connectivity index (χ4n) is 4.10. The molecule has 2 fully saturated rings. The zero-order valence-electron chi connectivity index (χ0n) is 12.7. The van der Waals surface area contributed by atoms with Gasteiger partial charge in [0.05, 0.1) is 6.10 Å². The third-order valence-electron chi connectivity index (χ3n) is 5.35. The van der Waals surface area contributed by atoms with Crippen molar-refractivity contribution in [1.82, 2.24) is 4.90 Å². The van der Waals surface area contributed by atoms with Crippen molar-refractivity contribution in [2.45, 2.75) is 38.2 Å². The highest BCUT2D eigenvalue weighted by molar-refractivity contribution is 5.79. The number of hydrogen-bond donors (Lipinski definition) is 1. The first kappa shape index (κ1) is 14.6. The number of nitrogens with zero attached hydrogens (tertiary/aromatic N) is 1. The lowest BCUT2D eigenvalue weighted by Crippen LogP contribution is -2.36. The van der Waals surface area contributed by atoms with E-state index in [-0.39, 0.29) is 5.92 Å². The molecule has 1 N–H and O–H groups in total. The van der Waals surface area contributed by atoms with E-state index in [0.717, 1.165) is 17.9 Å². The van der Waals surface area contributed by atoms with Crippen LogP contribution in [-0.2, 0) is 4.79 Å². The summed E-state index contributed by atoms with van der Waals surface area (Å²) in [6, 6.07) is 9.68. The molecule has 2 unspecified atom stereocenters. The van der Waals surface area contributed by atoms with E-state index in [1.807, 2.05) is 42.3 Å². The maximum absolute atomic E-state index is 12.5. The molecule has 2 saturated carbocycles. The maximum atomic E-state index is 12.5. The van der Waals surface area contributed by atoms with Crippen molar-refractivity contribution < 1.29 is 9.90 Å². The van der Waals surface area contributed by atoms with Gasteiger partial charge >= 0.3 is 0 Å². The van der Waals surface area contributed by atoms with Crippen molar-refractivity contribution in [1.29, 1.82) is 0 Å². The Morgan fingerprint density at radius 2 is 2.05 bits per heavy atom. The van der Waals surface area contributed by atoms with E-state index in [1.54, 1.807) is 0 Å². The van der Waals surface area contributed by atoms with Crippen LogP contribution in [0.1, 0.15) is 43.8 Å². The lowest BCUT2D eigenvalue weighted by atomic mass is 9.88. The number of rotatable bonds is 5. The van der Waals surface area contributed by atoms with E-state index >= 15 is 0 Å². The number of carbonyl (C=O) groups excluding carboxylic acids is 1. The molecule has 1 aromatic rings. The molecule has 3 heteroatoms. The van der Waals surface area contributed by atoms with Gasteiger partial charge < -0.3 is 10.0 Å². The van der Waals surface area contributed by atoms with Crippen molar-refractivity contribution in [3.05, 3.63) is 35.9 Å². The minimum Gasteiger partial charge on any atom is -0.388 e. The average molecular weight is 287 g/mol. The van der Waals surface area contributed by atoms with Gasteiger partial charge in [0.25, 0.3) is 0 Å². The summed E-state index contributed by atoms with van der Waals surface area (Å²) in [5, 5.41) is 10.2. The quantitative estimate of drug-likeness (QED) is 0.904. The zero-order chi connectivity index (χ0) is 14.8. The highest BCUT2D eigenvalue weighted by Crippen LogP contribution is 2.48. The highest BCUT2D eigenvalue weighted by Gasteiger charge is 2.43. The van der Waals surface area contributed by atoms with Crippen LogP contribution in [0.25, 0.3) is 0 Å². The number of benzene rings is 1. The Morgan fingerprint density at radius 3 is 2.67 bits per heavy atom. The Labute approximate surface area is 127 Å². The fourth-order valence-corrected chi connectivity index (χ4v) is 4.10. The molecule has 0 spiro atoms. The largest absolute Gasteiger partial charge is 0.388 e. The lowest BCUT2D eigenvalue weighted by molar-refractivity contribution is -0.136. The SMILES string of the molecule is CN(CCC(O)c1ccccc1)C(=O)C1C[C@@H]2CC[C@H]1C2. The van der Waals surface area contributed by atoms with E-state index in [0.29, 0.717) is 24.8 Å². The summed E-state index contributed by atoms with van der Waals surface area (Å²) in [6.45, 7) is 0.628. The summed E-state index contributed by atoms with van der Waals surface area (Å²) in [6.07, 6.45) is 5.03. The Bertz CT molecular complexity index is 487. The van der Waals surface area contributed by atoms with Crippen LogP contribution in [0, 0.1) is 17.8 Å². The number of aliphatic hydroxyl groups is 1. The molecule has 2 aliphatic rings. The summed E-state index contributed by atoms with van der Waals surface area (Å²) in [5.74, 6) is 1.97. The number of aliphatic hydroxyl groups excluding tert-OH is 1. The summed E-state index contributed by atoms with van der Waals surface area (Å²) in [4.78, 5) is 14.4. The first-order valence-corrected chi connectivity index (χ1v) is 8.13. The molecule has 1 amide bonds. The fraction of sp³-hybridized carbons (Fsp3) is 0.611. The Morgan fingerprint density at radius 1 is 1.29 bits per heavy atom. The topological polar surface area (TPSA) is 40.5 Å². The standard InChI is InChI=1S/C18H25NO2/c1-19(10-9-17(20)14-5-3-2-4-6-14)18(21)16-12-13-7-8-15(16)11-13/h2-6,13,15-17,20H,7-12H2,1H3/t13-,15+,16?,17?/m1/s1. The third kappa shape index (κ3) is 3.13. The van der Waals surface area contributed by atoms with Crippen LogP contribution in [0.2, 0.25) is 0 Å². The van der Waals surface area contributed by atoms with Crippen LogP contribution in [0.5, 0.6) is 0 Å². The van der Waals surface area contributed by atoms with E-state index in [1.165, 1.54) is 19.3 Å². The second-order valence-electron chi connectivity index (χ2n) is 6.76. The van der Waals surface area contributed by atoms with Crippen LogP contribution >= 0.6 is 0 Å². The van der Waals surface area contributed by atoms with Crippen molar-refractivity contribution in [3.63, 3.8) is 0 Å². The summed E-state index contributed by atoms with van der Waals surface area (Å²) < 4.78 is 0. The molecule has 3 rings (SSSR count). The predicted molar refractivity (Wildman–Crippen MR) is 82.6 cm³/mol. The Hall–Kier alpha value is -1.35. The Kier molecular flexibility index (Phi) is 4.29. The molecular formula is C18H25NO2. The zero-order valence-corrected chi connectivity index (χ0v) is 12.7. The van der Waals surface area contributed by atoms with Crippen LogP contribution < -0.4 is 0 Å². The first-order valence-electron chi connectivity index (χ1n) is 8.13. The molecule has 1 aromatic carbocycles. The second-order valence-corrected chi connectivity index (χ2v) is 6.76. The van der Waals surface area contributed by atoms with Crippen LogP contribution in [0.4, 0.5) is 0 Å².